The molecule has 1 aliphatic rings. The fourth-order valence-electron chi connectivity index (χ4n) is 3.01. The van der Waals surface area contributed by atoms with Crippen LogP contribution in [-0.4, -0.2) is 39.3 Å². The minimum absolute atomic E-state index is 0.0335. The smallest absolute Gasteiger partial charge is 0.258 e. The second-order valence-electron chi connectivity index (χ2n) is 6.79. The Morgan fingerprint density at radius 1 is 1.04 bits per heavy atom. The highest BCUT2D eigenvalue weighted by molar-refractivity contribution is 7.94. The first-order chi connectivity index (χ1) is 13.3. The van der Waals surface area contributed by atoms with Gasteiger partial charge in [-0.2, -0.15) is 0 Å². The lowest BCUT2D eigenvalue weighted by Gasteiger charge is -2.28. The summed E-state index contributed by atoms with van der Waals surface area (Å²) < 4.78 is 34.6. The van der Waals surface area contributed by atoms with Gasteiger partial charge in [-0.25, -0.2) is 8.42 Å². The predicted molar refractivity (Wildman–Crippen MR) is 109 cm³/mol. The monoisotopic (exact) mass is 401 g/mol. The van der Waals surface area contributed by atoms with Crippen molar-refractivity contribution in [3.63, 3.8) is 0 Å². The van der Waals surface area contributed by atoms with Gasteiger partial charge in [0, 0.05) is 16.7 Å². The average molecular weight is 401 g/mol. The fraction of sp³-hybridized carbons (Fsp3) is 0.286. The number of carbonyl (C=O) groups excluding carboxylic acids is 1. The molecule has 0 unspecified atom stereocenters. The fourth-order valence-corrected chi connectivity index (χ4v) is 4.28. The summed E-state index contributed by atoms with van der Waals surface area (Å²) in [6, 6.07) is 13.2. The minimum atomic E-state index is -3.32. The van der Waals surface area contributed by atoms with Crippen LogP contribution in [0.4, 0.5) is 5.69 Å². The summed E-state index contributed by atoms with van der Waals surface area (Å²) in [4.78, 5) is 14.8. The van der Waals surface area contributed by atoms with Crippen LogP contribution in [0.2, 0.25) is 0 Å². The van der Waals surface area contributed by atoms with Crippen molar-refractivity contribution in [3.8, 4) is 11.5 Å². The van der Waals surface area contributed by atoms with Crippen LogP contribution in [-0.2, 0) is 9.84 Å². The molecule has 28 heavy (non-hydrogen) atoms. The van der Waals surface area contributed by atoms with Gasteiger partial charge in [0.2, 0.25) is 0 Å². The Labute approximate surface area is 165 Å². The quantitative estimate of drug-likeness (QED) is 0.741. The number of amides is 1. The van der Waals surface area contributed by atoms with Crippen molar-refractivity contribution in [2.75, 3.05) is 17.8 Å². The van der Waals surface area contributed by atoms with Crippen molar-refractivity contribution in [2.24, 2.45) is 0 Å². The second kappa shape index (κ2) is 8.06. The van der Waals surface area contributed by atoms with Crippen molar-refractivity contribution >= 4 is 21.4 Å². The highest BCUT2D eigenvalue weighted by atomic mass is 32.2. The van der Waals surface area contributed by atoms with Crippen LogP contribution in [0.3, 0.4) is 0 Å². The van der Waals surface area contributed by atoms with E-state index in [4.69, 9.17) is 9.47 Å². The van der Waals surface area contributed by atoms with Crippen LogP contribution >= 0.6 is 0 Å². The molecule has 7 heteroatoms. The van der Waals surface area contributed by atoms with Crippen molar-refractivity contribution < 1.29 is 22.7 Å². The minimum Gasteiger partial charge on any atom is -0.497 e. The Morgan fingerprint density at radius 2 is 1.64 bits per heavy atom. The lowest BCUT2D eigenvalue weighted by molar-refractivity contribution is 0.0983. The Morgan fingerprint density at radius 3 is 2.14 bits per heavy atom. The van der Waals surface area contributed by atoms with E-state index in [0.29, 0.717) is 22.7 Å². The number of benzene rings is 2. The van der Waals surface area contributed by atoms with Crippen molar-refractivity contribution in [1.29, 1.82) is 0 Å². The molecule has 3 rings (SSSR count). The predicted octanol–water partition coefficient (Wildman–Crippen LogP) is 3.44. The lowest BCUT2D eigenvalue weighted by Crippen LogP contribution is -2.41. The van der Waals surface area contributed by atoms with Crippen molar-refractivity contribution in [3.05, 3.63) is 65.6 Å². The number of nitrogens with zero attached hydrogens (tertiary/aromatic N) is 1. The number of anilines is 1. The number of ether oxygens (including phenoxy) is 2. The maximum atomic E-state index is 13.3. The zero-order valence-corrected chi connectivity index (χ0v) is 16.8. The van der Waals surface area contributed by atoms with Crippen LogP contribution < -0.4 is 14.4 Å². The third-order valence-corrected chi connectivity index (χ3v) is 5.66. The molecule has 1 atom stereocenters. The summed E-state index contributed by atoms with van der Waals surface area (Å²) in [6.07, 6.45) is 1.58. The van der Waals surface area contributed by atoms with E-state index in [2.05, 4.69) is 0 Å². The Kier molecular flexibility index (Phi) is 5.74. The summed E-state index contributed by atoms with van der Waals surface area (Å²) in [5.74, 6) is 0.902. The normalized spacial score (nSPS) is 17.5. The van der Waals surface area contributed by atoms with Crippen LogP contribution in [0.1, 0.15) is 24.2 Å². The molecule has 0 saturated heterocycles. The van der Waals surface area contributed by atoms with E-state index in [1.165, 1.54) is 10.3 Å². The number of hydrogen-bond acceptors (Lipinski definition) is 5. The summed E-state index contributed by atoms with van der Waals surface area (Å²) in [6.45, 7) is 3.86. The van der Waals surface area contributed by atoms with E-state index in [0.717, 1.165) is 0 Å². The van der Waals surface area contributed by atoms with E-state index < -0.39 is 15.9 Å². The zero-order chi connectivity index (χ0) is 20.3. The zero-order valence-electron chi connectivity index (χ0n) is 16.0. The maximum Gasteiger partial charge on any atom is 0.258 e. The first-order valence-electron chi connectivity index (χ1n) is 8.94. The Hall–Kier alpha value is -2.80. The van der Waals surface area contributed by atoms with E-state index in [1.54, 1.807) is 61.7 Å². The van der Waals surface area contributed by atoms with E-state index in [-0.39, 0.29) is 17.8 Å². The first-order valence-corrected chi connectivity index (χ1v) is 10.7. The molecule has 1 amide bonds. The first kappa shape index (κ1) is 19.9. The number of methoxy groups -OCH3 is 1. The SMILES string of the molecule is COc1ccc(N(C(=O)c2ccc(OC(C)C)cc2)[C@@H]2C=CS(=O)(=O)C2)cc1. The molecule has 1 heterocycles. The molecule has 1 aliphatic heterocycles. The molecule has 0 aromatic heterocycles. The average Bonchev–Trinajstić information content (AvgIpc) is 3.02. The molecule has 2 aromatic carbocycles. The van der Waals surface area contributed by atoms with Gasteiger partial charge < -0.3 is 14.4 Å². The second-order valence-corrected chi connectivity index (χ2v) is 8.72. The van der Waals surface area contributed by atoms with Gasteiger partial charge in [-0.05, 0) is 68.5 Å². The molecule has 6 nitrogen and oxygen atoms in total. The number of sulfone groups is 1. The Balaban J connectivity index is 1.93. The molecule has 0 radical (unpaired) electrons. The molecule has 0 fully saturated rings. The van der Waals surface area contributed by atoms with Crippen LogP contribution in [0.25, 0.3) is 0 Å². The number of rotatable bonds is 6. The maximum absolute atomic E-state index is 13.3. The van der Waals surface area contributed by atoms with Gasteiger partial charge in [-0.3, -0.25) is 4.79 Å². The molecule has 0 aliphatic carbocycles. The van der Waals surface area contributed by atoms with E-state index in [9.17, 15) is 13.2 Å². The third kappa shape index (κ3) is 4.54. The summed E-state index contributed by atoms with van der Waals surface area (Å²) in [5.41, 5.74) is 1.05. The molecular formula is C21H23NO5S. The van der Waals surface area contributed by atoms with Crippen molar-refractivity contribution in [1.82, 2.24) is 0 Å². The number of hydrogen-bond donors (Lipinski definition) is 0. The van der Waals surface area contributed by atoms with Crippen molar-refractivity contribution in [2.45, 2.75) is 26.0 Å². The topological polar surface area (TPSA) is 72.9 Å². The summed E-state index contributed by atoms with van der Waals surface area (Å²) in [7, 11) is -1.76. The third-order valence-electron chi connectivity index (χ3n) is 4.29. The standard InChI is InChI=1S/C21H23NO5S/c1-15(2)27-20-8-4-16(5-9-20)21(23)22(18-12-13-28(24,25)14-18)17-6-10-19(26-3)11-7-17/h4-13,15,18H,14H2,1-3H3/t18-/m1/s1. The molecule has 0 saturated carbocycles. The van der Waals surface area contributed by atoms with E-state index in [1.807, 2.05) is 13.8 Å². The molecule has 2 aromatic rings. The number of carbonyl (C=O) groups is 1. The van der Waals surface area contributed by atoms with Gasteiger partial charge >= 0.3 is 0 Å². The molecular weight excluding hydrogens is 378 g/mol. The van der Waals surface area contributed by atoms with Gasteiger partial charge in [0.25, 0.3) is 5.91 Å². The van der Waals surface area contributed by atoms with Crippen LogP contribution in [0.5, 0.6) is 11.5 Å². The van der Waals surface area contributed by atoms with Gasteiger partial charge in [-0.1, -0.05) is 0 Å². The van der Waals surface area contributed by atoms with Crippen LogP contribution in [0.15, 0.2) is 60.0 Å². The lowest BCUT2D eigenvalue weighted by atomic mass is 10.1. The summed E-state index contributed by atoms with van der Waals surface area (Å²) in [5, 5.41) is 1.17. The largest absolute Gasteiger partial charge is 0.497 e. The van der Waals surface area contributed by atoms with Gasteiger partial charge in [-0.15, -0.1) is 0 Å². The van der Waals surface area contributed by atoms with Gasteiger partial charge in [0.1, 0.15) is 11.5 Å². The van der Waals surface area contributed by atoms with Gasteiger partial charge in [0.15, 0.2) is 9.84 Å². The molecule has 148 valence electrons. The molecule has 0 spiro atoms. The molecule has 0 N–H and O–H groups in total. The highest BCUT2D eigenvalue weighted by Crippen LogP contribution is 2.27. The molecule has 0 bridgehead atoms. The Bertz CT molecular complexity index is 963. The van der Waals surface area contributed by atoms with E-state index >= 15 is 0 Å². The highest BCUT2D eigenvalue weighted by Gasteiger charge is 2.32. The summed E-state index contributed by atoms with van der Waals surface area (Å²) >= 11 is 0. The van der Waals surface area contributed by atoms with Gasteiger partial charge in [0.05, 0.1) is 25.0 Å². The van der Waals surface area contributed by atoms with Crippen LogP contribution in [0, 0.1) is 0 Å².